The van der Waals surface area contributed by atoms with Crippen LogP contribution in [0.1, 0.15) is 12.5 Å². The molecule has 3 aromatic rings. The van der Waals surface area contributed by atoms with Crippen molar-refractivity contribution in [1.29, 1.82) is 0 Å². The van der Waals surface area contributed by atoms with Crippen molar-refractivity contribution in [2.45, 2.75) is 12.5 Å². The molecule has 0 aliphatic carbocycles. The number of rotatable bonds is 2. The van der Waals surface area contributed by atoms with Crippen LogP contribution in [0.2, 0.25) is 0 Å². The summed E-state index contributed by atoms with van der Waals surface area (Å²) < 4.78 is 16.6. The summed E-state index contributed by atoms with van der Waals surface area (Å²) in [6.07, 6.45) is 0. The lowest BCUT2D eigenvalue weighted by molar-refractivity contribution is 0.496. The SMILES string of the molecule is CN1SC[C@@](C)(c2cc3[nH]c(-c4ccccc4)cc3cc2F)N=C1N. The third-order valence-electron chi connectivity index (χ3n) is 4.60. The fraction of sp³-hybridized carbons (Fsp3) is 0.211. The highest BCUT2D eigenvalue weighted by atomic mass is 32.2. The third-order valence-corrected chi connectivity index (χ3v) is 5.86. The highest BCUT2D eigenvalue weighted by Gasteiger charge is 2.34. The second-order valence-electron chi connectivity index (χ2n) is 6.48. The van der Waals surface area contributed by atoms with Gasteiger partial charge in [0.2, 0.25) is 5.96 Å². The van der Waals surface area contributed by atoms with E-state index >= 15 is 0 Å². The summed E-state index contributed by atoms with van der Waals surface area (Å²) in [4.78, 5) is 7.94. The number of nitrogens with one attached hydrogen (secondary N) is 1. The van der Waals surface area contributed by atoms with E-state index in [9.17, 15) is 4.39 Å². The average molecular weight is 354 g/mol. The van der Waals surface area contributed by atoms with Gasteiger partial charge in [-0.15, -0.1) is 0 Å². The van der Waals surface area contributed by atoms with E-state index in [-0.39, 0.29) is 5.82 Å². The number of H-pyrrole nitrogens is 1. The summed E-state index contributed by atoms with van der Waals surface area (Å²) in [6.45, 7) is 1.92. The molecule has 4 rings (SSSR count). The van der Waals surface area contributed by atoms with Gasteiger partial charge in [0, 0.05) is 35.0 Å². The molecule has 0 radical (unpaired) electrons. The minimum absolute atomic E-state index is 0.254. The number of aliphatic imine (C=N–C) groups is 1. The zero-order valence-corrected chi connectivity index (χ0v) is 14.9. The van der Waals surface area contributed by atoms with Gasteiger partial charge in [-0.25, -0.2) is 9.38 Å². The van der Waals surface area contributed by atoms with Gasteiger partial charge in [0.1, 0.15) is 11.4 Å². The number of halogens is 1. The van der Waals surface area contributed by atoms with Gasteiger partial charge in [0.05, 0.1) is 0 Å². The van der Waals surface area contributed by atoms with Crippen molar-refractivity contribution in [3.63, 3.8) is 0 Å². The van der Waals surface area contributed by atoms with E-state index in [2.05, 4.69) is 9.98 Å². The molecule has 6 heteroatoms. The van der Waals surface area contributed by atoms with Crippen LogP contribution in [0.25, 0.3) is 22.2 Å². The zero-order chi connectivity index (χ0) is 17.6. The van der Waals surface area contributed by atoms with Crippen molar-refractivity contribution in [3.05, 3.63) is 59.9 Å². The third kappa shape index (κ3) is 2.76. The molecule has 1 aliphatic rings. The predicted octanol–water partition coefficient (Wildman–Crippen LogP) is 4.10. The van der Waals surface area contributed by atoms with Gasteiger partial charge >= 0.3 is 0 Å². The summed E-state index contributed by atoms with van der Waals surface area (Å²) in [5, 5.41) is 0.848. The van der Waals surface area contributed by atoms with Gasteiger partial charge < -0.3 is 10.7 Å². The molecule has 0 fully saturated rings. The van der Waals surface area contributed by atoms with Crippen LogP contribution in [0.4, 0.5) is 4.39 Å². The van der Waals surface area contributed by atoms with Gasteiger partial charge in [-0.1, -0.05) is 30.3 Å². The first kappa shape index (κ1) is 16.0. The Balaban J connectivity index is 1.82. The molecule has 1 atom stereocenters. The quantitative estimate of drug-likeness (QED) is 0.681. The molecule has 2 heterocycles. The van der Waals surface area contributed by atoms with Gasteiger partial charge in [-0.05, 0) is 42.6 Å². The molecule has 3 N–H and O–H groups in total. The molecule has 0 saturated carbocycles. The molecule has 0 saturated heterocycles. The van der Waals surface area contributed by atoms with Crippen molar-refractivity contribution < 1.29 is 4.39 Å². The topological polar surface area (TPSA) is 57.4 Å². The highest BCUT2D eigenvalue weighted by molar-refractivity contribution is 7.97. The van der Waals surface area contributed by atoms with Crippen LogP contribution in [-0.4, -0.2) is 28.0 Å². The van der Waals surface area contributed by atoms with E-state index in [0.717, 1.165) is 22.2 Å². The average Bonchev–Trinajstić information content (AvgIpc) is 3.01. The minimum atomic E-state index is -0.683. The van der Waals surface area contributed by atoms with Crippen LogP contribution in [0, 0.1) is 5.82 Å². The maximum Gasteiger partial charge on any atom is 0.202 e. The Morgan fingerprint density at radius 1 is 1.24 bits per heavy atom. The fourth-order valence-corrected chi connectivity index (χ4v) is 3.96. The van der Waals surface area contributed by atoms with Crippen LogP contribution in [-0.2, 0) is 5.54 Å². The number of aromatic nitrogens is 1. The van der Waals surface area contributed by atoms with Gasteiger partial charge in [0.15, 0.2) is 0 Å². The van der Waals surface area contributed by atoms with Gasteiger partial charge in [-0.2, -0.15) is 0 Å². The molecule has 0 bridgehead atoms. The van der Waals surface area contributed by atoms with Crippen LogP contribution in [0.15, 0.2) is 53.5 Å². The Labute approximate surface area is 150 Å². The summed E-state index contributed by atoms with van der Waals surface area (Å²) in [6, 6.07) is 15.4. The van der Waals surface area contributed by atoms with Crippen LogP contribution < -0.4 is 5.73 Å². The maximum atomic E-state index is 14.8. The Kier molecular flexibility index (Phi) is 3.72. The lowest BCUT2D eigenvalue weighted by atomic mass is 9.93. The van der Waals surface area contributed by atoms with Crippen molar-refractivity contribution in [2.75, 3.05) is 12.8 Å². The standard InChI is InChI=1S/C19H19FN4S/c1-19(11-25-24(2)18(21)23-19)14-10-17-13(8-15(14)20)9-16(22-17)12-6-4-3-5-7-12/h3-10,22H,11H2,1-2H3,(H2,21,23)/t19-/m0/s1. The first-order chi connectivity index (χ1) is 12.0. The van der Waals surface area contributed by atoms with Crippen molar-refractivity contribution in [2.24, 2.45) is 10.7 Å². The maximum absolute atomic E-state index is 14.8. The molecule has 25 heavy (non-hydrogen) atoms. The molecule has 2 aromatic carbocycles. The first-order valence-corrected chi connectivity index (χ1v) is 9.01. The Morgan fingerprint density at radius 2 is 2.00 bits per heavy atom. The van der Waals surface area contributed by atoms with Crippen LogP contribution in [0.5, 0.6) is 0 Å². The Morgan fingerprint density at radius 3 is 2.72 bits per heavy atom. The molecule has 0 amide bonds. The fourth-order valence-electron chi connectivity index (χ4n) is 3.12. The van der Waals surface area contributed by atoms with E-state index in [1.165, 1.54) is 0 Å². The van der Waals surface area contributed by atoms with Crippen LogP contribution >= 0.6 is 11.9 Å². The number of aromatic amines is 1. The van der Waals surface area contributed by atoms with Crippen LogP contribution in [0.3, 0.4) is 0 Å². The van der Waals surface area contributed by atoms with Crippen molar-refractivity contribution in [1.82, 2.24) is 9.29 Å². The summed E-state index contributed by atoms with van der Waals surface area (Å²) in [5.74, 6) is 0.795. The molecule has 0 spiro atoms. The second-order valence-corrected chi connectivity index (χ2v) is 7.58. The van der Waals surface area contributed by atoms with Gasteiger partial charge in [-0.3, -0.25) is 4.31 Å². The number of hydrogen-bond donors (Lipinski definition) is 2. The molecular formula is C19H19FN4S. The smallest absolute Gasteiger partial charge is 0.202 e. The predicted molar refractivity (Wildman–Crippen MR) is 103 cm³/mol. The van der Waals surface area contributed by atoms with E-state index < -0.39 is 5.54 Å². The number of fused-ring (bicyclic) bond motifs is 1. The summed E-state index contributed by atoms with van der Waals surface area (Å²) in [7, 11) is 1.86. The molecule has 0 unspecified atom stereocenters. The number of benzene rings is 2. The molecule has 128 valence electrons. The molecule has 1 aromatic heterocycles. The molecule has 4 nitrogen and oxygen atoms in total. The number of hydrogen-bond acceptors (Lipinski definition) is 4. The summed E-state index contributed by atoms with van der Waals surface area (Å²) >= 11 is 1.54. The monoisotopic (exact) mass is 354 g/mol. The minimum Gasteiger partial charge on any atom is -0.369 e. The molecule has 1 aliphatic heterocycles. The zero-order valence-electron chi connectivity index (χ0n) is 14.1. The normalized spacial score (nSPS) is 20.8. The van der Waals surface area contributed by atoms with E-state index in [1.54, 1.807) is 22.3 Å². The lowest BCUT2D eigenvalue weighted by Gasteiger charge is -2.34. The number of guanidine groups is 1. The Bertz CT molecular complexity index is 966. The highest BCUT2D eigenvalue weighted by Crippen LogP contribution is 2.37. The van der Waals surface area contributed by atoms with Crippen molar-refractivity contribution >= 4 is 28.8 Å². The largest absolute Gasteiger partial charge is 0.369 e. The first-order valence-electron chi connectivity index (χ1n) is 8.06. The lowest BCUT2D eigenvalue weighted by Crippen LogP contribution is -2.40. The number of nitrogens with zero attached hydrogens (tertiary/aromatic N) is 2. The van der Waals surface area contributed by atoms with E-state index in [1.807, 2.05) is 56.4 Å². The Hall–Kier alpha value is -2.47. The van der Waals surface area contributed by atoms with E-state index in [4.69, 9.17) is 5.73 Å². The number of nitrogens with two attached hydrogens (primary N) is 1. The molecular weight excluding hydrogens is 335 g/mol. The van der Waals surface area contributed by atoms with Crippen molar-refractivity contribution in [3.8, 4) is 11.3 Å². The summed E-state index contributed by atoms with van der Waals surface area (Å²) in [5.41, 5.74) is 8.78. The second kappa shape index (κ2) is 5.81. The van der Waals surface area contributed by atoms with Gasteiger partial charge in [0.25, 0.3) is 0 Å². The van der Waals surface area contributed by atoms with E-state index in [0.29, 0.717) is 17.3 Å².